The van der Waals surface area contributed by atoms with Gasteiger partial charge in [0.1, 0.15) is 0 Å². The lowest BCUT2D eigenvalue weighted by Gasteiger charge is -2.33. The van der Waals surface area contributed by atoms with E-state index < -0.39 is 0 Å². The molecule has 1 fully saturated rings. The van der Waals surface area contributed by atoms with Gasteiger partial charge in [-0.1, -0.05) is 0 Å². The van der Waals surface area contributed by atoms with Crippen molar-refractivity contribution in [2.75, 3.05) is 33.3 Å². The molecule has 1 heterocycles. The molecular formula is C11H24N2O. The van der Waals surface area contributed by atoms with Crippen LogP contribution in [0.3, 0.4) is 0 Å². The molecule has 0 radical (unpaired) electrons. The van der Waals surface area contributed by atoms with Crippen LogP contribution in [-0.2, 0) is 4.74 Å². The first-order valence-electron chi connectivity index (χ1n) is 5.77. The van der Waals surface area contributed by atoms with Gasteiger partial charge in [0.05, 0.1) is 6.10 Å². The molecule has 1 N–H and O–H groups in total. The molecule has 0 amide bonds. The van der Waals surface area contributed by atoms with Gasteiger partial charge < -0.3 is 15.0 Å². The highest BCUT2D eigenvalue weighted by Gasteiger charge is 2.19. The fourth-order valence-corrected chi connectivity index (χ4v) is 1.97. The summed E-state index contributed by atoms with van der Waals surface area (Å²) in [6.07, 6.45) is 2.91. The van der Waals surface area contributed by atoms with Crippen LogP contribution in [0, 0.1) is 0 Å². The predicted octanol–water partition coefficient (Wildman–Crippen LogP) is 1.10. The summed E-state index contributed by atoms with van der Waals surface area (Å²) in [4.78, 5) is 2.52. The van der Waals surface area contributed by atoms with Crippen LogP contribution in [0.4, 0.5) is 0 Å². The van der Waals surface area contributed by atoms with Crippen molar-refractivity contribution in [2.24, 2.45) is 0 Å². The molecule has 0 spiro atoms. The number of piperidine rings is 1. The Bertz CT molecular complexity index is 144. The average Bonchev–Trinajstić information content (AvgIpc) is 2.21. The van der Waals surface area contributed by atoms with Crippen molar-refractivity contribution in [2.45, 2.75) is 38.8 Å². The van der Waals surface area contributed by atoms with E-state index in [1.807, 2.05) is 7.05 Å². The molecule has 1 atom stereocenters. The van der Waals surface area contributed by atoms with E-state index in [2.05, 4.69) is 24.1 Å². The van der Waals surface area contributed by atoms with Crippen molar-refractivity contribution in [1.29, 1.82) is 0 Å². The first kappa shape index (κ1) is 12.0. The van der Waals surface area contributed by atoms with E-state index in [1.54, 1.807) is 0 Å². The highest BCUT2D eigenvalue weighted by molar-refractivity contribution is 4.75. The van der Waals surface area contributed by atoms with E-state index >= 15 is 0 Å². The number of hydrogen-bond acceptors (Lipinski definition) is 3. The van der Waals surface area contributed by atoms with Crippen LogP contribution in [-0.4, -0.2) is 50.3 Å². The molecule has 0 aliphatic carbocycles. The van der Waals surface area contributed by atoms with Crippen molar-refractivity contribution in [3.8, 4) is 0 Å². The van der Waals surface area contributed by atoms with Crippen molar-refractivity contribution in [3.05, 3.63) is 0 Å². The van der Waals surface area contributed by atoms with Gasteiger partial charge in [-0.2, -0.15) is 0 Å². The third-order valence-electron chi connectivity index (χ3n) is 2.96. The topological polar surface area (TPSA) is 24.5 Å². The van der Waals surface area contributed by atoms with Gasteiger partial charge in [0.15, 0.2) is 0 Å². The van der Waals surface area contributed by atoms with Crippen LogP contribution in [0.15, 0.2) is 0 Å². The van der Waals surface area contributed by atoms with Gasteiger partial charge >= 0.3 is 0 Å². The van der Waals surface area contributed by atoms with Gasteiger partial charge in [-0.05, 0) is 33.7 Å². The van der Waals surface area contributed by atoms with Crippen LogP contribution in [0.5, 0.6) is 0 Å². The number of nitrogens with zero attached hydrogens (tertiary/aromatic N) is 1. The van der Waals surface area contributed by atoms with Crippen molar-refractivity contribution in [1.82, 2.24) is 10.2 Å². The summed E-state index contributed by atoms with van der Waals surface area (Å²) in [5.74, 6) is 0. The van der Waals surface area contributed by atoms with E-state index in [1.165, 1.54) is 25.9 Å². The maximum absolute atomic E-state index is 5.62. The molecule has 0 aromatic heterocycles. The molecule has 1 saturated heterocycles. The molecule has 1 unspecified atom stereocenters. The Hall–Kier alpha value is -0.120. The summed E-state index contributed by atoms with van der Waals surface area (Å²) < 4.78 is 5.62. The standard InChI is InChI=1S/C11H24N2O/c1-4-14-11-5-7-13(8-6-11)9-10(2)12-3/h10-12H,4-9H2,1-3H3. The molecule has 3 heteroatoms. The average molecular weight is 200 g/mol. The first-order valence-corrected chi connectivity index (χ1v) is 5.77. The van der Waals surface area contributed by atoms with Crippen molar-refractivity contribution < 1.29 is 4.74 Å². The van der Waals surface area contributed by atoms with E-state index in [-0.39, 0.29) is 0 Å². The Morgan fingerprint density at radius 3 is 2.57 bits per heavy atom. The normalized spacial score (nSPS) is 22.5. The van der Waals surface area contributed by atoms with Crippen LogP contribution in [0.2, 0.25) is 0 Å². The smallest absolute Gasteiger partial charge is 0.0599 e. The molecule has 0 aromatic rings. The van der Waals surface area contributed by atoms with Crippen molar-refractivity contribution >= 4 is 0 Å². The minimum absolute atomic E-state index is 0.515. The quantitative estimate of drug-likeness (QED) is 0.719. The fraction of sp³-hybridized carbons (Fsp3) is 1.00. The van der Waals surface area contributed by atoms with Crippen LogP contribution < -0.4 is 5.32 Å². The van der Waals surface area contributed by atoms with Gasteiger partial charge in [0.25, 0.3) is 0 Å². The largest absolute Gasteiger partial charge is 0.378 e. The summed E-state index contributed by atoms with van der Waals surface area (Å²) in [6, 6.07) is 0.596. The fourth-order valence-electron chi connectivity index (χ4n) is 1.97. The SMILES string of the molecule is CCOC1CCN(CC(C)NC)CC1. The van der Waals surface area contributed by atoms with E-state index in [9.17, 15) is 0 Å². The van der Waals surface area contributed by atoms with Gasteiger partial charge in [-0.25, -0.2) is 0 Å². The molecular weight excluding hydrogens is 176 g/mol. The molecule has 0 saturated carbocycles. The zero-order valence-corrected chi connectivity index (χ0v) is 9.75. The molecule has 1 rings (SSSR count). The van der Waals surface area contributed by atoms with Gasteiger partial charge in [-0.15, -0.1) is 0 Å². The first-order chi connectivity index (χ1) is 6.76. The van der Waals surface area contributed by atoms with E-state index in [0.29, 0.717) is 12.1 Å². The Balaban J connectivity index is 2.15. The summed E-state index contributed by atoms with van der Waals surface area (Å²) in [5, 5.41) is 3.28. The monoisotopic (exact) mass is 200 g/mol. The highest BCUT2D eigenvalue weighted by atomic mass is 16.5. The predicted molar refractivity (Wildman–Crippen MR) is 59.6 cm³/mol. The molecule has 1 aliphatic heterocycles. The third kappa shape index (κ3) is 3.95. The Morgan fingerprint density at radius 2 is 2.07 bits per heavy atom. The molecule has 1 aliphatic rings. The molecule has 0 bridgehead atoms. The van der Waals surface area contributed by atoms with Crippen LogP contribution >= 0.6 is 0 Å². The van der Waals surface area contributed by atoms with Crippen molar-refractivity contribution in [3.63, 3.8) is 0 Å². The molecule has 0 aromatic carbocycles. The van der Waals surface area contributed by atoms with Crippen LogP contribution in [0.1, 0.15) is 26.7 Å². The zero-order valence-electron chi connectivity index (χ0n) is 9.75. The second kappa shape index (κ2) is 6.38. The Morgan fingerprint density at radius 1 is 1.43 bits per heavy atom. The summed E-state index contributed by atoms with van der Waals surface area (Å²) in [6.45, 7) is 8.71. The number of hydrogen-bond donors (Lipinski definition) is 1. The number of rotatable bonds is 5. The third-order valence-corrected chi connectivity index (χ3v) is 2.96. The number of nitrogens with one attached hydrogen (secondary N) is 1. The van der Waals surface area contributed by atoms with Gasteiger partial charge in [-0.3, -0.25) is 0 Å². The summed E-state index contributed by atoms with van der Waals surface area (Å²) in [7, 11) is 2.03. The molecule has 14 heavy (non-hydrogen) atoms. The molecule has 84 valence electrons. The second-order valence-electron chi connectivity index (χ2n) is 4.15. The maximum atomic E-state index is 5.62. The minimum Gasteiger partial charge on any atom is -0.378 e. The van der Waals surface area contributed by atoms with E-state index in [0.717, 1.165) is 13.2 Å². The number of ether oxygens (including phenoxy) is 1. The highest BCUT2D eigenvalue weighted by Crippen LogP contribution is 2.13. The maximum Gasteiger partial charge on any atom is 0.0599 e. The molecule has 3 nitrogen and oxygen atoms in total. The second-order valence-corrected chi connectivity index (χ2v) is 4.15. The van der Waals surface area contributed by atoms with Crippen LogP contribution in [0.25, 0.3) is 0 Å². The minimum atomic E-state index is 0.515. The summed E-state index contributed by atoms with van der Waals surface area (Å²) in [5.41, 5.74) is 0. The Labute approximate surface area is 87.8 Å². The lowest BCUT2D eigenvalue weighted by molar-refractivity contribution is 0.0129. The van der Waals surface area contributed by atoms with E-state index in [4.69, 9.17) is 4.74 Å². The summed E-state index contributed by atoms with van der Waals surface area (Å²) >= 11 is 0. The zero-order chi connectivity index (χ0) is 10.4. The number of likely N-dealkylation sites (tertiary alicyclic amines) is 1. The Kier molecular flexibility index (Phi) is 5.45. The lowest BCUT2D eigenvalue weighted by atomic mass is 10.1. The lowest BCUT2D eigenvalue weighted by Crippen LogP contribution is -2.43. The number of likely N-dealkylation sites (N-methyl/N-ethyl adjacent to an activating group) is 1. The van der Waals surface area contributed by atoms with Gasteiger partial charge in [0, 0.05) is 32.3 Å². The van der Waals surface area contributed by atoms with Gasteiger partial charge in [0.2, 0.25) is 0 Å².